The third kappa shape index (κ3) is 3.33. The molecule has 5 nitrogen and oxygen atoms in total. The number of fused-ring (bicyclic) bond motifs is 1. The zero-order valence-electron chi connectivity index (χ0n) is 13.2. The smallest absolute Gasteiger partial charge is 0.348 e. The molecule has 0 unspecified atom stereocenters. The number of benzene rings is 1. The minimum absolute atomic E-state index is 0.140. The van der Waals surface area contributed by atoms with Crippen LogP contribution < -0.4 is 5.56 Å². The molecular formula is C17H12ClFN2O3S. The van der Waals surface area contributed by atoms with Gasteiger partial charge < -0.3 is 9.72 Å². The second-order valence-corrected chi connectivity index (χ2v) is 6.60. The highest BCUT2D eigenvalue weighted by Gasteiger charge is 2.20. The van der Waals surface area contributed by atoms with Crippen molar-refractivity contribution in [2.45, 2.75) is 6.92 Å². The van der Waals surface area contributed by atoms with E-state index in [1.165, 1.54) is 25.3 Å². The first kappa shape index (κ1) is 17.3. The van der Waals surface area contributed by atoms with Gasteiger partial charge in [0.15, 0.2) is 5.82 Å². The van der Waals surface area contributed by atoms with E-state index in [0.29, 0.717) is 26.2 Å². The highest BCUT2D eigenvalue weighted by Crippen LogP contribution is 2.29. The first-order valence-electron chi connectivity index (χ1n) is 7.15. The summed E-state index contributed by atoms with van der Waals surface area (Å²) in [5.41, 5.74) is 0.637. The van der Waals surface area contributed by atoms with E-state index in [9.17, 15) is 14.0 Å². The fourth-order valence-corrected chi connectivity index (χ4v) is 3.67. The quantitative estimate of drug-likeness (QED) is 0.700. The molecular weight excluding hydrogens is 367 g/mol. The number of esters is 1. The number of halogens is 2. The maximum absolute atomic E-state index is 13.3. The molecule has 8 heteroatoms. The van der Waals surface area contributed by atoms with Gasteiger partial charge in [0.25, 0.3) is 5.56 Å². The Morgan fingerprint density at radius 1 is 1.44 bits per heavy atom. The van der Waals surface area contributed by atoms with Gasteiger partial charge in [-0.25, -0.2) is 14.2 Å². The number of nitrogens with zero attached hydrogens (tertiary/aromatic N) is 1. The summed E-state index contributed by atoms with van der Waals surface area (Å²) in [6, 6.07) is 5.85. The van der Waals surface area contributed by atoms with Gasteiger partial charge in [0, 0.05) is 0 Å². The van der Waals surface area contributed by atoms with Gasteiger partial charge in [0.2, 0.25) is 0 Å². The molecule has 25 heavy (non-hydrogen) atoms. The van der Waals surface area contributed by atoms with Gasteiger partial charge >= 0.3 is 5.97 Å². The SMILES string of the molecule is COC(=O)c1sc2nc(/C(Cl)=C/c3cccc(F)c3)[nH]c(=O)c2c1C. The van der Waals surface area contributed by atoms with E-state index in [1.807, 2.05) is 0 Å². The Balaban J connectivity index is 2.12. The zero-order valence-corrected chi connectivity index (χ0v) is 14.8. The third-order valence-corrected chi connectivity index (χ3v) is 4.99. The van der Waals surface area contributed by atoms with Crippen LogP contribution in [0, 0.1) is 12.7 Å². The number of hydrogen-bond donors (Lipinski definition) is 1. The van der Waals surface area contributed by atoms with Crippen LogP contribution in [-0.2, 0) is 4.74 Å². The summed E-state index contributed by atoms with van der Waals surface area (Å²) in [4.78, 5) is 31.7. The molecule has 128 valence electrons. The van der Waals surface area contributed by atoms with E-state index in [1.54, 1.807) is 19.1 Å². The predicted molar refractivity (Wildman–Crippen MR) is 96.4 cm³/mol. The second kappa shape index (κ2) is 6.78. The molecule has 0 aliphatic carbocycles. The largest absolute Gasteiger partial charge is 0.465 e. The highest BCUT2D eigenvalue weighted by atomic mass is 35.5. The molecule has 0 saturated heterocycles. The Morgan fingerprint density at radius 2 is 2.20 bits per heavy atom. The summed E-state index contributed by atoms with van der Waals surface area (Å²) in [5.74, 6) is -0.782. The third-order valence-electron chi connectivity index (χ3n) is 3.54. The van der Waals surface area contributed by atoms with Gasteiger partial charge in [0.1, 0.15) is 15.5 Å². The lowest BCUT2D eigenvalue weighted by Gasteiger charge is -2.00. The van der Waals surface area contributed by atoms with Crippen LogP contribution in [0.1, 0.15) is 26.6 Å². The van der Waals surface area contributed by atoms with Crippen LogP contribution in [0.25, 0.3) is 21.3 Å². The number of aryl methyl sites for hydroxylation is 1. The molecule has 0 bridgehead atoms. The summed E-state index contributed by atoms with van der Waals surface area (Å²) in [6.07, 6.45) is 1.50. The van der Waals surface area contributed by atoms with Crippen LogP contribution in [0.3, 0.4) is 0 Å². The van der Waals surface area contributed by atoms with Gasteiger partial charge in [-0.15, -0.1) is 11.3 Å². The molecule has 0 fully saturated rings. The van der Waals surface area contributed by atoms with E-state index in [2.05, 4.69) is 9.97 Å². The van der Waals surface area contributed by atoms with Crippen LogP contribution in [0.4, 0.5) is 4.39 Å². The Bertz CT molecular complexity index is 1070. The number of H-pyrrole nitrogens is 1. The van der Waals surface area contributed by atoms with Gasteiger partial charge in [-0.2, -0.15) is 0 Å². The summed E-state index contributed by atoms with van der Waals surface area (Å²) < 4.78 is 18.0. The van der Waals surface area contributed by atoms with Crippen LogP contribution in [0.5, 0.6) is 0 Å². The van der Waals surface area contributed by atoms with Crippen molar-refractivity contribution >= 4 is 50.2 Å². The molecule has 2 heterocycles. The Labute approximate surface area is 150 Å². The van der Waals surface area contributed by atoms with E-state index >= 15 is 0 Å². The molecule has 0 spiro atoms. The standard InChI is InChI=1S/C17H12ClFN2O3S/c1-8-12-15(22)20-14(21-16(12)25-13(8)17(23)24-2)11(18)7-9-4-3-5-10(19)6-9/h3-7H,1-2H3,(H,20,21,22)/b11-7-. The fourth-order valence-electron chi connectivity index (χ4n) is 2.36. The predicted octanol–water partition coefficient (Wildman–Crippen LogP) is 3.96. The zero-order chi connectivity index (χ0) is 18.1. The summed E-state index contributed by atoms with van der Waals surface area (Å²) in [7, 11) is 1.27. The number of nitrogens with one attached hydrogen (secondary N) is 1. The van der Waals surface area contributed by atoms with Crippen LogP contribution in [0.15, 0.2) is 29.1 Å². The van der Waals surface area contributed by atoms with Crippen LogP contribution in [0.2, 0.25) is 0 Å². The molecule has 0 saturated carbocycles. The van der Waals surface area contributed by atoms with Crippen molar-refractivity contribution < 1.29 is 13.9 Å². The Morgan fingerprint density at radius 3 is 2.88 bits per heavy atom. The van der Waals surface area contributed by atoms with Gasteiger partial charge in [-0.3, -0.25) is 4.79 Å². The van der Waals surface area contributed by atoms with Crippen molar-refractivity contribution in [3.63, 3.8) is 0 Å². The Kier molecular flexibility index (Phi) is 4.69. The van der Waals surface area contributed by atoms with E-state index in [0.717, 1.165) is 11.3 Å². The molecule has 0 amide bonds. The van der Waals surface area contributed by atoms with Crippen molar-refractivity contribution in [2.75, 3.05) is 7.11 Å². The number of thiophene rings is 1. The molecule has 1 N–H and O–H groups in total. The lowest BCUT2D eigenvalue weighted by atomic mass is 10.2. The molecule has 0 atom stereocenters. The van der Waals surface area contributed by atoms with Crippen LogP contribution in [-0.4, -0.2) is 23.0 Å². The number of carbonyl (C=O) groups is 1. The average Bonchev–Trinajstić information content (AvgIpc) is 2.91. The summed E-state index contributed by atoms with van der Waals surface area (Å²) in [6.45, 7) is 1.66. The number of carbonyl (C=O) groups excluding carboxylic acids is 1. The molecule has 3 aromatic rings. The minimum Gasteiger partial charge on any atom is -0.465 e. The number of rotatable bonds is 3. The van der Waals surface area contributed by atoms with Crippen molar-refractivity contribution in [2.24, 2.45) is 0 Å². The number of ether oxygens (including phenoxy) is 1. The first-order chi connectivity index (χ1) is 11.9. The molecule has 3 rings (SSSR count). The van der Waals surface area contributed by atoms with E-state index in [4.69, 9.17) is 16.3 Å². The van der Waals surface area contributed by atoms with E-state index in [-0.39, 0.29) is 10.9 Å². The normalized spacial score (nSPS) is 11.8. The number of hydrogen-bond acceptors (Lipinski definition) is 5. The maximum atomic E-state index is 13.3. The highest BCUT2D eigenvalue weighted by molar-refractivity contribution is 7.20. The Hall–Kier alpha value is -2.51. The molecule has 0 aliphatic heterocycles. The van der Waals surface area contributed by atoms with Crippen LogP contribution >= 0.6 is 22.9 Å². The molecule has 2 aromatic heterocycles. The van der Waals surface area contributed by atoms with Gasteiger partial charge in [0.05, 0.1) is 17.5 Å². The second-order valence-electron chi connectivity index (χ2n) is 5.19. The van der Waals surface area contributed by atoms with Gasteiger partial charge in [-0.05, 0) is 36.3 Å². The van der Waals surface area contributed by atoms with Crippen molar-refractivity contribution in [3.8, 4) is 0 Å². The number of aromatic amines is 1. The van der Waals surface area contributed by atoms with E-state index < -0.39 is 17.3 Å². The lowest BCUT2D eigenvalue weighted by molar-refractivity contribution is 0.0605. The van der Waals surface area contributed by atoms with Crippen molar-refractivity contribution in [1.82, 2.24) is 9.97 Å². The average molecular weight is 379 g/mol. The minimum atomic E-state index is -0.525. The first-order valence-corrected chi connectivity index (χ1v) is 8.35. The summed E-state index contributed by atoms with van der Waals surface area (Å²) >= 11 is 7.28. The maximum Gasteiger partial charge on any atom is 0.348 e. The number of methoxy groups -OCH3 is 1. The monoisotopic (exact) mass is 378 g/mol. The fraction of sp³-hybridized carbons (Fsp3) is 0.118. The van der Waals surface area contributed by atoms with Crippen molar-refractivity contribution in [3.05, 3.63) is 62.3 Å². The van der Waals surface area contributed by atoms with Crippen molar-refractivity contribution in [1.29, 1.82) is 0 Å². The molecule has 0 aliphatic rings. The van der Waals surface area contributed by atoms with Gasteiger partial charge in [-0.1, -0.05) is 23.7 Å². The molecule has 0 radical (unpaired) electrons. The summed E-state index contributed by atoms with van der Waals surface area (Å²) in [5, 5.41) is 0.472. The lowest BCUT2D eigenvalue weighted by Crippen LogP contribution is -2.10. The molecule has 1 aromatic carbocycles. The topological polar surface area (TPSA) is 72.0 Å². The number of aromatic nitrogens is 2.